The van der Waals surface area contributed by atoms with E-state index >= 15 is 9.59 Å². The summed E-state index contributed by atoms with van der Waals surface area (Å²) in [5.41, 5.74) is 14.5. The van der Waals surface area contributed by atoms with Crippen LogP contribution in [0.25, 0.3) is 0 Å². The number of nitrogens with two attached hydrogens (primary N) is 2. The number of aliphatic hydroxyl groups excluding tert-OH is 13. The van der Waals surface area contributed by atoms with Gasteiger partial charge in [-0.15, -0.1) is 0 Å². The van der Waals surface area contributed by atoms with E-state index in [0.717, 1.165) is 10.1 Å². The first-order valence-corrected chi connectivity index (χ1v) is 34.2. The van der Waals surface area contributed by atoms with Crippen molar-refractivity contribution in [3.05, 3.63) is 131 Å². The van der Waals surface area contributed by atoms with Gasteiger partial charge in [0, 0.05) is 18.9 Å². The van der Waals surface area contributed by atoms with Crippen LogP contribution in [0.4, 0.5) is 0 Å². The van der Waals surface area contributed by atoms with E-state index in [1.165, 1.54) is 24.3 Å². The Balaban J connectivity index is 0.900. The molecule has 0 aromatic heterocycles. The number of aliphatic imine (C=N–C) groups is 1. The predicted octanol–water partition coefficient (Wildman–Crippen LogP) is -10.5. The topological polar surface area (TPSA) is 594 Å². The van der Waals surface area contributed by atoms with Crippen molar-refractivity contribution < 1.29 is 133 Å². The van der Waals surface area contributed by atoms with Gasteiger partial charge in [0.1, 0.15) is 146 Å². The van der Waals surface area contributed by atoms with E-state index < -0.39 is 234 Å². The number of ether oxygens (including phenoxy) is 7. The summed E-state index contributed by atoms with van der Waals surface area (Å²) in [5, 5.41) is 164. The molecule has 578 valence electrons. The van der Waals surface area contributed by atoms with E-state index in [0.29, 0.717) is 23.5 Å². The molecule has 6 heterocycles. The molecule has 25 N–H and O–H groups in total. The highest BCUT2D eigenvalue weighted by atomic mass is 16.7. The summed E-state index contributed by atoms with van der Waals surface area (Å²) in [6.07, 6.45) is -30.9. The Morgan fingerprint density at radius 3 is 1.74 bits per heavy atom. The fraction of sp³-hybridized carbons (Fsp3) is 0.529. The number of nitrogens with zero attached hydrogens (tertiary/aromatic N) is 2. The van der Waals surface area contributed by atoms with E-state index in [1.54, 1.807) is 61.5 Å². The quantitative estimate of drug-likeness (QED) is 0.0307. The van der Waals surface area contributed by atoms with Crippen LogP contribution in [-0.4, -0.2) is 311 Å². The SMILES string of the molecule is C[C@H](c1ccccc1)[C@@H]1NC(=O)CNC(=O)[C@H](CO)NC(=O)[C@@H]([C@H](O)[C@@H]2CNC(N)=[N+]2[C@@H]2O[C@@H](CO)[C@H](O)[C@H](O)[C@@H]2O)NC(=O)[C@H]([C@H](O)[C@@H]2CNC(N)=N2)NC(=O)[C@@H](Cc2ccc(O[C@@H]3O[C@H](CO)[C@H](O[C@@H]4O[C@@H](CO)[C@H](O)[C@H](O)[C@@H]4OCc4ccc(OCc5ccccc5)cc4)[C@@H](O)[C@H]3O)cc2)NC1=O. The average molecular weight is 1490 g/mol. The lowest BCUT2D eigenvalue weighted by Crippen LogP contribution is -2.68. The van der Waals surface area contributed by atoms with Gasteiger partial charge >= 0.3 is 5.96 Å². The summed E-state index contributed by atoms with van der Waals surface area (Å²) in [6, 6.07) is 17.2. The highest BCUT2D eigenvalue weighted by Gasteiger charge is 2.55. The fourth-order valence-electron chi connectivity index (χ4n) is 13.0. The average Bonchev–Trinajstić information content (AvgIpc) is 1.57. The van der Waals surface area contributed by atoms with Crippen LogP contribution in [0, 0.1) is 0 Å². The van der Waals surface area contributed by atoms with Gasteiger partial charge in [-0.1, -0.05) is 91.9 Å². The fourth-order valence-corrected chi connectivity index (χ4v) is 13.0. The van der Waals surface area contributed by atoms with Crippen molar-refractivity contribution in [2.45, 2.75) is 179 Å². The van der Waals surface area contributed by atoms with E-state index in [-0.39, 0.29) is 36.4 Å². The molecule has 0 unspecified atom stereocenters. The van der Waals surface area contributed by atoms with Crippen molar-refractivity contribution in [3.8, 4) is 11.5 Å². The molecule has 25 atom stereocenters. The summed E-state index contributed by atoms with van der Waals surface area (Å²) in [7, 11) is 0. The molecule has 4 fully saturated rings. The molecule has 0 spiro atoms. The number of aliphatic hydroxyl groups is 13. The number of nitrogens with one attached hydrogen (secondary N) is 8. The first-order valence-electron chi connectivity index (χ1n) is 34.2. The third-order valence-corrected chi connectivity index (χ3v) is 19.2. The summed E-state index contributed by atoms with van der Waals surface area (Å²) >= 11 is 0. The second-order valence-corrected chi connectivity index (χ2v) is 26.3. The molecular weight excluding hydrogens is 1400 g/mol. The molecule has 38 nitrogen and oxygen atoms in total. The summed E-state index contributed by atoms with van der Waals surface area (Å²) in [4.78, 5) is 91.9. The largest absolute Gasteiger partial charge is 0.489 e. The Morgan fingerprint density at radius 2 is 1.08 bits per heavy atom. The van der Waals surface area contributed by atoms with Crippen molar-refractivity contribution in [1.82, 2.24) is 42.5 Å². The number of carbonyl (C=O) groups is 6. The maximum atomic E-state index is 15.3. The minimum atomic E-state index is -2.34. The Hall–Kier alpha value is -8.88. The molecular formula is C68H91N12O26+. The first kappa shape index (κ1) is 79.7. The van der Waals surface area contributed by atoms with Crippen LogP contribution in [0.5, 0.6) is 11.5 Å². The molecule has 4 aromatic rings. The summed E-state index contributed by atoms with van der Waals surface area (Å²) < 4.78 is 42.5. The van der Waals surface area contributed by atoms with Crippen LogP contribution < -0.4 is 63.5 Å². The molecule has 6 aliphatic rings. The van der Waals surface area contributed by atoms with Crippen molar-refractivity contribution in [1.29, 1.82) is 0 Å². The van der Waals surface area contributed by atoms with Gasteiger partial charge in [0.05, 0.1) is 45.6 Å². The van der Waals surface area contributed by atoms with Crippen LogP contribution in [-0.2, 0) is 72.1 Å². The van der Waals surface area contributed by atoms with E-state index in [1.807, 2.05) is 30.3 Å². The molecule has 4 saturated heterocycles. The number of carbonyl (C=O) groups excluding carboxylic acids is 6. The van der Waals surface area contributed by atoms with Crippen LogP contribution in [0.15, 0.2) is 114 Å². The van der Waals surface area contributed by atoms with Crippen molar-refractivity contribution >= 4 is 47.4 Å². The third-order valence-electron chi connectivity index (χ3n) is 19.2. The Kier molecular flexibility index (Phi) is 27.2. The lowest BCUT2D eigenvalue weighted by atomic mass is 9.92. The summed E-state index contributed by atoms with van der Waals surface area (Å²) in [6.45, 7) is -3.61. The number of benzene rings is 4. The molecule has 106 heavy (non-hydrogen) atoms. The number of guanidine groups is 2. The van der Waals surface area contributed by atoms with E-state index in [2.05, 4.69) is 47.5 Å². The van der Waals surface area contributed by atoms with Crippen LogP contribution >= 0.6 is 0 Å². The van der Waals surface area contributed by atoms with Gasteiger partial charge in [-0.25, -0.2) is 9.57 Å². The van der Waals surface area contributed by atoms with Crippen molar-refractivity contribution in [2.24, 2.45) is 16.5 Å². The highest BCUT2D eigenvalue weighted by molar-refractivity contribution is 5.98. The Morgan fingerprint density at radius 1 is 0.519 bits per heavy atom. The monoisotopic (exact) mass is 1490 g/mol. The van der Waals surface area contributed by atoms with E-state index in [9.17, 15) is 85.6 Å². The minimum absolute atomic E-state index is 0.0650. The van der Waals surface area contributed by atoms with E-state index in [4.69, 9.17) is 44.6 Å². The zero-order valence-electron chi connectivity index (χ0n) is 57.1. The predicted molar refractivity (Wildman–Crippen MR) is 362 cm³/mol. The Labute approximate surface area is 605 Å². The molecule has 6 amide bonds. The van der Waals surface area contributed by atoms with Gasteiger partial charge in [0.2, 0.25) is 48.0 Å². The lowest BCUT2D eigenvalue weighted by Gasteiger charge is -2.46. The lowest BCUT2D eigenvalue weighted by molar-refractivity contribution is -0.663. The molecule has 6 aliphatic heterocycles. The maximum Gasteiger partial charge on any atom is 0.346 e. The number of amides is 6. The molecule has 38 heteroatoms. The molecule has 0 bridgehead atoms. The summed E-state index contributed by atoms with van der Waals surface area (Å²) in [5.74, 6) is -8.29. The highest BCUT2D eigenvalue weighted by Crippen LogP contribution is 2.33. The van der Waals surface area contributed by atoms with Gasteiger partial charge < -0.3 is 142 Å². The van der Waals surface area contributed by atoms with Crippen LogP contribution in [0.1, 0.15) is 35.1 Å². The molecule has 4 aromatic carbocycles. The van der Waals surface area contributed by atoms with Gasteiger partial charge in [-0.3, -0.25) is 39.8 Å². The normalized spacial score (nSPS) is 33.8. The van der Waals surface area contributed by atoms with Crippen LogP contribution in [0.2, 0.25) is 0 Å². The first-order chi connectivity index (χ1) is 50.8. The molecule has 10 rings (SSSR count). The van der Waals surface area contributed by atoms with Gasteiger partial charge in [0.15, 0.2) is 12.2 Å². The van der Waals surface area contributed by atoms with Gasteiger partial charge in [-0.2, -0.15) is 0 Å². The number of rotatable bonds is 23. The smallest absolute Gasteiger partial charge is 0.346 e. The molecule has 0 radical (unpaired) electrons. The zero-order chi connectivity index (χ0) is 76.2. The zero-order valence-corrected chi connectivity index (χ0v) is 57.1. The maximum absolute atomic E-state index is 15.3. The van der Waals surface area contributed by atoms with Gasteiger partial charge in [0.25, 0.3) is 0 Å². The standard InChI is InChI=1S/C68H90N12O26/c1-30(34-10-6-3-7-11-34)45-61(97)74-37(20-31-12-18-36(19-13-31)102-65-56(94)54(92)57(43(27-84)105-65)106-66-58(53(91)51(89)42(26-83)104-66)101-29-33-14-16-35(17-15-33)100-28-32-8-4-2-5-9-32)60(96)78-46(48(86)38-21-72-67(69)76-38)63(99)79-47(62(98)75-39(24-81)59(95)71-23-44(85)77-45)49(87)40-22-73-68(70)80(40)64-55(93)52(90)50(88)41(25-82)103-64/h2-19,30,37-43,45-58,64-66,81-84,86-94H,20-29H2,1H3,(H11,69,70,71,72,73,74,75,76,77,78,79,85,95,96,97,98,99)/p+1/t30-,37-,38+,39+,40+,41+,42+,43-,45+,46+,47-,48-,49-,50+,51+,52+,53+,54+,55+,56-,57+,58+,64-,65-,66+/m1/s1. The second-order valence-electron chi connectivity index (χ2n) is 26.3. The minimum Gasteiger partial charge on any atom is -0.489 e. The second kappa shape index (κ2) is 36.1. The number of hydrogen-bond donors (Lipinski definition) is 23. The van der Waals surface area contributed by atoms with Crippen molar-refractivity contribution in [3.63, 3.8) is 0 Å². The molecule has 0 saturated carbocycles. The number of hydrogen-bond acceptors (Lipinski definition) is 31. The Bertz CT molecular complexity index is 3690. The third kappa shape index (κ3) is 18.7. The van der Waals surface area contributed by atoms with Crippen LogP contribution in [0.3, 0.4) is 0 Å². The van der Waals surface area contributed by atoms with Crippen molar-refractivity contribution in [2.75, 3.05) is 46.1 Å². The molecule has 0 aliphatic carbocycles. The van der Waals surface area contributed by atoms with Gasteiger partial charge in [-0.05, 0) is 46.5 Å².